The maximum Gasteiger partial charge on any atom is 0.338 e. The fourth-order valence-corrected chi connectivity index (χ4v) is 9.44. The van der Waals surface area contributed by atoms with E-state index in [9.17, 15) is 35.6 Å². The zero-order valence-corrected chi connectivity index (χ0v) is 29.1. The SMILES string of the molecule is O=C(OC1CCC(C(=O)Oc2c(F)c(F)c(S(=O)(=O)O)c(F)c2F)CC1)c1c(C2CCCCC2)cc(C2CCCCC2)cc1C1CCCCC1. The van der Waals surface area contributed by atoms with Crippen LogP contribution in [0, 0.1) is 29.2 Å². The minimum atomic E-state index is -5.65. The second-order valence-electron chi connectivity index (χ2n) is 14.8. The zero-order valence-electron chi connectivity index (χ0n) is 28.3. The predicted octanol–water partition coefficient (Wildman–Crippen LogP) is 9.95. The minimum Gasteiger partial charge on any atom is -0.459 e. The highest BCUT2D eigenvalue weighted by Gasteiger charge is 2.37. The topological polar surface area (TPSA) is 107 Å². The number of halogens is 4. The number of ether oxygens (including phenoxy) is 2. The van der Waals surface area contributed by atoms with Gasteiger partial charge in [0.15, 0.2) is 16.5 Å². The maximum absolute atomic E-state index is 14.5. The molecule has 4 fully saturated rings. The lowest BCUT2D eigenvalue weighted by Gasteiger charge is -2.33. The number of esters is 2. The molecule has 0 aromatic heterocycles. The first-order chi connectivity index (χ1) is 23.9. The highest BCUT2D eigenvalue weighted by Crippen LogP contribution is 2.45. The van der Waals surface area contributed by atoms with Crippen molar-refractivity contribution in [3.63, 3.8) is 0 Å². The standard InChI is InChI=1S/C38H46F4O7S/c39-31-33(41)36(50(45,46)47)34(42)32(40)35(31)49-37(43)25-16-18-27(19-17-25)48-38(44)30-28(23-12-6-2-7-13-23)20-26(22-10-4-1-5-11-22)21-29(30)24-14-8-3-9-15-24/h20-25,27H,1-19H2,(H,45,46,47). The molecular weight excluding hydrogens is 676 g/mol. The zero-order chi connectivity index (χ0) is 35.6. The van der Waals surface area contributed by atoms with Gasteiger partial charge in [-0.25, -0.2) is 13.6 Å². The van der Waals surface area contributed by atoms with E-state index < -0.39 is 62.0 Å². The van der Waals surface area contributed by atoms with Gasteiger partial charge in [-0.15, -0.1) is 0 Å². The lowest BCUT2D eigenvalue weighted by Crippen LogP contribution is -2.31. The third-order valence-electron chi connectivity index (χ3n) is 11.5. The Balaban J connectivity index is 1.20. The summed E-state index contributed by atoms with van der Waals surface area (Å²) in [5.74, 6) is -12.4. The number of benzene rings is 2. The third-order valence-corrected chi connectivity index (χ3v) is 12.4. The normalized spacial score (nSPS) is 23.1. The summed E-state index contributed by atoms with van der Waals surface area (Å²) in [5.41, 5.74) is 4.33. The molecule has 4 saturated carbocycles. The van der Waals surface area contributed by atoms with Crippen molar-refractivity contribution < 1.29 is 49.6 Å². The molecular formula is C38H46F4O7S. The summed E-state index contributed by atoms with van der Waals surface area (Å²) in [4.78, 5) is 24.9. The third kappa shape index (κ3) is 7.91. The molecule has 0 saturated heterocycles. The van der Waals surface area contributed by atoms with Crippen LogP contribution in [0.2, 0.25) is 0 Å². The fraction of sp³-hybridized carbons (Fsp3) is 0.632. The molecule has 6 rings (SSSR count). The number of rotatable bonds is 8. The molecule has 0 amide bonds. The van der Waals surface area contributed by atoms with E-state index in [1.807, 2.05) is 0 Å². The summed E-state index contributed by atoms with van der Waals surface area (Å²) in [6.45, 7) is 0. The molecule has 0 unspecified atom stereocenters. The molecule has 0 radical (unpaired) electrons. The van der Waals surface area contributed by atoms with Crippen molar-refractivity contribution in [3.8, 4) is 5.75 Å². The average molecular weight is 723 g/mol. The van der Waals surface area contributed by atoms with Crippen molar-refractivity contribution in [1.82, 2.24) is 0 Å². The van der Waals surface area contributed by atoms with Gasteiger partial charge in [0.2, 0.25) is 17.4 Å². The van der Waals surface area contributed by atoms with Gasteiger partial charge in [0, 0.05) is 0 Å². The number of hydrogen-bond acceptors (Lipinski definition) is 6. The van der Waals surface area contributed by atoms with E-state index in [2.05, 4.69) is 12.1 Å². The van der Waals surface area contributed by atoms with Crippen molar-refractivity contribution >= 4 is 22.1 Å². The van der Waals surface area contributed by atoms with E-state index in [1.165, 1.54) is 50.5 Å². The van der Waals surface area contributed by atoms with Crippen LogP contribution in [0.1, 0.15) is 167 Å². The Kier molecular flexibility index (Phi) is 11.6. The molecule has 2 aromatic rings. The highest BCUT2D eigenvalue weighted by molar-refractivity contribution is 7.85. The van der Waals surface area contributed by atoms with E-state index in [1.54, 1.807) is 0 Å². The van der Waals surface area contributed by atoms with Gasteiger partial charge in [-0.3, -0.25) is 9.35 Å². The van der Waals surface area contributed by atoms with Gasteiger partial charge in [-0.1, -0.05) is 69.9 Å². The molecule has 7 nitrogen and oxygen atoms in total. The van der Waals surface area contributed by atoms with Crippen molar-refractivity contribution in [1.29, 1.82) is 0 Å². The van der Waals surface area contributed by atoms with Crippen LogP contribution in [0.4, 0.5) is 17.6 Å². The van der Waals surface area contributed by atoms with Crippen molar-refractivity contribution in [2.75, 3.05) is 0 Å². The van der Waals surface area contributed by atoms with Gasteiger partial charge in [0.25, 0.3) is 0 Å². The number of carbonyl (C=O) groups is 2. The van der Waals surface area contributed by atoms with Crippen LogP contribution in [0.15, 0.2) is 17.0 Å². The van der Waals surface area contributed by atoms with Crippen LogP contribution in [-0.2, 0) is 19.6 Å². The summed E-state index contributed by atoms with van der Waals surface area (Å²) in [5, 5.41) is 0. The second-order valence-corrected chi connectivity index (χ2v) is 16.1. The Morgan fingerprint density at radius 2 is 1.06 bits per heavy atom. The first-order valence-electron chi connectivity index (χ1n) is 18.4. The molecule has 274 valence electrons. The van der Waals surface area contributed by atoms with E-state index >= 15 is 0 Å². The van der Waals surface area contributed by atoms with Gasteiger partial charge in [0.05, 0.1) is 11.5 Å². The van der Waals surface area contributed by atoms with Crippen LogP contribution in [0.5, 0.6) is 5.75 Å². The van der Waals surface area contributed by atoms with Crippen LogP contribution in [-0.4, -0.2) is 31.0 Å². The van der Waals surface area contributed by atoms with E-state index in [0.29, 0.717) is 23.3 Å². The highest BCUT2D eigenvalue weighted by atomic mass is 32.2. The lowest BCUT2D eigenvalue weighted by atomic mass is 9.73. The summed E-state index contributed by atoms with van der Waals surface area (Å²) in [7, 11) is -5.65. The number of carbonyl (C=O) groups excluding carboxylic acids is 2. The molecule has 50 heavy (non-hydrogen) atoms. The van der Waals surface area contributed by atoms with E-state index in [-0.39, 0.29) is 31.7 Å². The van der Waals surface area contributed by atoms with Crippen LogP contribution in [0.25, 0.3) is 0 Å². The fourth-order valence-electron chi connectivity index (χ4n) is 8.81. The summed E-state index contributed by atoms with van der Waals surface area (Å²) >= 11 is 0. The molecule has 1 N–H and O–H groups in total. The van der Waals surface area contributed by atoms with Crippen molar-refractivity contribution in [2.24, 2.45) is 5.92 Å². The minimum absolute atomic E-state index is 0.125. The molecule has 0 heterocycles. The molecule has 0 atom stereocenters. The smallest absolute Gasteiger partial charge is 0.338 e. The van der Waals surface area contributed by atoms with Crippen LogP contribution < -0.4 is 4.74 Å². The quantitative estimate of drug-likeness (QED) is 0.0950. The molecule has 0 spiro atoms. The largest absolute Gasteiger partial charge is 0.459 e. The summed E-state index contributed by atoms with van der Waals surface area (Å²) in [6, 6.07) is 4.63. The Morgan fingerprint density at radius 1 is 0.620 bits per heavy atom. The van der Waals surface area contributed by atoms with E-state index in [4.69, 9.17) is 14.0 Å². The molecule has 2 aromatic carbocycles. The Bertz CT molecular complexity index is 1620. The summed E-state index contributed by atoms with van der Waals surface area (Å²) in [6.07, 6.45) is 17.4. The average Bonchev–Trinajstić information content (AvgIpc) is 3.13. The van der Waals surface area contributed by atoms with Crippen molar-refractivity contribution in [2.45, 2.75) is 151 Å². The van der Waals surface area contributed by atoms with Crippen LogP contribution in [0.3, 0.4) is 0 Å². The molecule has 0 bridgehead atoms. The van der Waals surface area contributed by atoms with E-state index in [0.717, 1.165) is 62.5 Å². The van der Waals surface area contributed by atoms with Gasteiger partial charge < -0.3 is 9.47 Å². The first-order valence-corrected chi connectivity index (χ1v) is 19.8. The van der Waals surface area contributed by atoms with Crippen molar-refractivity contribution in [3.05, 3.63) is 57.7 Å². The molecule has 12 heteroatoms. The summed E-state index contributed by atoms with van der Waals surface area (Å²) < 4.78 is 99.9. The maximum atomic E-state index is 14.5. The van der Waals surface area contributed by atoms with Gasteiger partial charge in [-0.05, 0) is 98.7 Å². The molecule has 0 aliphatic heterocycles. The number of hydrogen-bond donors (Lipinski definition) is 1. The van der Waals surface area contributed by atoms with Crippen LogP contribution >= 0.6 is 0 Å². The molecule has 4 aliphatic carbocycles. The monoisotopic (exact) mass is 722 g/mol. The predicted molar refractivity (Wildman–Crippen MR) is 177 cm³/mol. The van der Waals surface area contributed by atoms with Gasteiger partial charge >= 0.3 is 22.1 Å². The van der Waals surface area contributed by atoms with Gasteiger partial charge in [-0.2, -0.15) is 17.2 Å². The Hall–Kier alpha value is -2.99. The van der Waals surface area contributed by atoms with Gasteiger partial charge in [0.1, 0.15) is 6.10 Å². The lowest BCUT2D eigenvalue weighted by molar-refractivity contribution is -0.141. The Morgan fingerprint density at radius 3 is 1.50 bits per heavy atom. The first kappa shape index (κ1) is 36.8. The Labute approximate surface area is 291 Å². The second kappa shape index (κ2) is 15.7. The molecule has 4 aliphatic rings.